The smallest absolute Gasteiger partial charge is 0.272 e. The Kier molecular flexibility index (Phi) is 4.79. The molecule has 0 unspecified atom stereocenters. The third kappa shape index (κ3) is 3.56. The first-order valence-corrected chi connectivity index (χ1v) is 7.96. The van der Waals surface area contributed by atoms with Crippen LogP contribution in [0.5, 0.6) is 5.75 Å². The maximum Gasteiger partial charge on any atom is 0.272 e. The van der Waals surface area contributed by atoms with Gasteiger partial charge < -0.3 is 15.4 Å². The second-order valence-electron chi connectivity index (χ2n) is 5.66. The molecule has 2 amide bonds. The fourth-order valence-corrected chi connectivity index (χ4v) is 2.63. The Morgan fingerprint density at radius 3 is 2.83 bits per heavy atom. The van der Waals surface area contributed by atoms with Crippen LogP contribution in [0.25, 0.3) is 5.69 Å². The van der Waals surface area contributed by atoms with E-state index in [1.807, 2.05) is 24.3 Å². The summed E-state index contributed by atoms with van der Waals surface area (Å²) in [6.07, 6.45) is 4.20. The van der Waals surface area contributed by atoms with Crippen molar-refractivity contribution in [2.24, 2.45) is 0 Å². The molecule has 3 rings (SSSR count). The Bertz CT molecular complexity index is 724. The SMILES string of the molecule is COc1ccc(-n2ccc(C(=O)N[C@H]3CCCCNC3=O)n2)cc1. The summed E-state index contributed by atoms with van der Waals surface area (Å²) in [4.78, 5) is 24.2. The van der Waals surface area contributed by atoms with Crippen molar-refractivity contribution in [3.05, 3.63) is 42.2 Å². The van der Waals surface area contributed by atoms with Crippen LogP contribution in [0.15, 0.2) is 36.5 Å². The molecular weight excluding hydrogens is 308 g/mol. The highest BCUT2D eigenvalue weighted by molar-refractivity contribution is 5.96. The van der Waals surface area contributed by atoms with Crippen molar-refractivity contribution >= 4 is 11.8 Å². The third-order valence-corrected chi connectivity index (χ3v) is 4.00. The summed E-state index contributed by atoms with van der Waals surface area (Å²) in [7, 11) is 1.61. The van der Waals surface area contributed by atoms with E-state index < -0.39 is 6.04 Å². The van der Waals surface area contributed by atoms with Crippen molar-refractivity contribution < 1.29 is 14.3 Å². The first-order valence-electron chi connectivity index (χ1n) is 7.96. The van der Waals surface area contributed by atoms with E-state index in [0.29, 0.717) is 13.0 Å². The lowest BCUT2D eigenvalue weighted by Crippen LogP contribution is -2.45. The third-order valence-electron chi connectivity index (χ3n) is 4.00. The molecule has 1 aromatic carbocycles. The summed E-state index contributed by atoms with van der Waals surface area (Å²) < 4.78 is 6.73. The number of hydrogen-bond donors (Lipinski definition) is 2. The molecule has 126 valence electrons. The van der Waals surface area contributed by atoms with Gasteiger partial charge in [0.2, 0.25) is 5.91 Å². The van der Waals surface area contributed by atoms with Crippen LogP contribution < -0.4 is 15.4 Å². The average Bonchev–Trinajstić information content (AvgIpc) is 3.02. The van der Waals surface area contributed by atoms with Gasteiger partial charge in [-0.3, -0.25) is 9.59 Å². The van der Waals surface area contributed by atoms with Crippen molar-refractivity contribution in [3.63, 3.8) is 0 Å². The van der Waals surface area contributed by atoms with E-state index in [4.69, 9.17) is 4.74 Å². The van der Waals surface area contributed by atoms with E-state index in [-0.39, 0.29) is 17.5 Å². The van der Waals surface area contributed by atoms with Crippen LogP contribution in [0.4, 0.5) is 0 Å². The van der Waals surface area contributed by atoms with Gasteiger partial charge in [0.05, 0.1) is 12.8 Å². The van der Waals surface area contributed by atoms with Gasteiger partial charge in [0, 0.05) is 12.7 Å². The molecule has 7 nitrogen and oxygen atoms in total. The maximum atomic E-state index is 12.3. The number of carbonyl (C=O) groups excluding carboxylic acids is 2. The highest BCUT2D eigenvalue weighted by Crippen LogP contribution is 2.14. The fourth-order valence-electron chi connectivity index (χ4n) is 2.63. The molecule has 2 N–H and O–H groups in total. The van der Waals surface area contributed by atoms with Crippen molar-refractivity contribution in [2.45, 2.75) is 25.3 Å². The van der Waals surface area contributed by atoms with Crippen molar-refractivity contribution in [1.82, 2.24) is 20.4 Å². The molecule has 7 heteroatoms. The molecular formula is C17H20N4O3. The van der Waals surface area contributed by atoms with Crippen LogP contribution in [0.1, 0.15) is 29.8 Å². The van der Waals surface area contributed by atoms with Gasteiger partial charge in [-0.1, -0.05) is 0 Å². The van der Waals surface area contributed by atoms with Gasteiger partial charge in [-0.05, 0) is 49.6 Å². The number of methoxy groups -OCH3 is 1. The zero-order valence-corrected chi connectivity index (χ0v) is 13.5. The summed E-state index contributed by atoms with van der Waals surface area (Å²) in [6, 6.07) is 8.50. The van der Waals surface area contributed by atoms with Crippen molar-refractivity contribution in [2.75, 3.05) is 13.7 Å². The van der Waals surface area contributed by atoms with Crippen LogP contribution in [0.3, 0.4) is 0 Å². The number of ether oxygens (including phenoxy) is 1. The second-order valence-corrected chi connectivity index (χ2v) is 5.66. The molecule has 0 spiro atoms. The Hall–Kier alpha value is -2.83. The highest BCUT2D eigenvalue weighted by atomic mass is 16.5. The van der Waals surface area contributed by atoms with Gasteiger partial charge in [-0.15, -0.1) is 0 Å². The minimum absolute atomic E-state index is 0.129. The summed E-state index contributed by atoms with van der Waals surface area (Å²) in [5.41, 5.74) is 1.10. The molecule has 0 bridgehead atoms. The lowest BCUT2D eigenvalue weighted by atomic mass is 10.1. The first kappa shape index (κ1) is 16.0. The van der Waals surface area contributed by atoms with Gasteiger partial charge in [0.1, 0.15) is 11.8 Å². The number of nitrogens with one attached hydrogen (secondary N) is 2. The molecule has 2 aromatic rings. The quantitative estimate of drug-likeness (QED) is 0.885. The van der Waals surface area contributed by atoms with Gasteiger partial charge in [0.25, 0.3) is 5.91 Å². The summed E-state index contributed by atoms with van der Waals surface area (Å²) >= 11 is 0. The Morgan fingerprint density at radius 1 is 1.29 bits per heavy atom. The molecule has 0 aliphatic carbocycles. The van der Waals surface area contributed by atoms with E-state index in [9.17, 15) is 9.59 Å². The van der Waals surface area contributed by atoms with E-state index in [0.717, 1.165) is 24.3 Å². The summed E-state index contributed by atoms with van der Waals surface area (Å²) in [6.45, 7) is 0.664. The normalized spacial score (nSPS) is 17.7. The Balaban J connectivity index is 1.69. The molecule has 24 heavy (non-hydrogen) atoms. The fraction of sp³-hybridized carbons (Fsp3) is 0.353. The Morgan fingerprint density at radius 2 is 2.08 bits per heavy atom. The molecule has 1 aliphatic heterocycles. The molecule has 1 aromatic heterocycles. The van der Waals surface area contributed by atoms with Gasteiger partial charge in [-0.25, -0.2) is 4.68 Å². The number of amides is 2. The first-order chi connectivity index (χ1) is 11.7. The van der Waals surface area contributed by atoms with Crippen LogP contribution in [-0.2, 0) is 4.79 Å². The van der Waals surface area contributed by atoms with E-state index in [2.05, 4.69) is 15.7 Å². The molecule has 0 radical (unpaired) electrons. The van der Waals surface area contributed by atoms with Crippen molar-refractivity contribution in [3.8, 4) is 11.4 Å². The van der Waals surface area contributed by atoms with Crippen molar-refractivity contribution in [1.29, 1.82) is 0 Å². The van der Waals surface area contributed by atoms with Gasteiger partial charge in [-0.2, -0.15) is 5.10 Å². The topological polar surface area (TPSA) is 85.2 Å². The van der Waals surface area contributed by atoms with Gasteiger partial charge >= 0.3 is 0 Å². The minimum atomic E-state index is -0.494. The molecule has 0 saturated carbocycles. The standard InChI is InChI=1S/C17H20N4O3/c1-24-13-7-5-12(6-8-13)21-11-9-15(20-21)17(23)19-14-4-2-3-10-18-16(14)22/h5-9,11,14H,2-4,10H2,1H3,(H,18,22)(H,19,23)/t14-/m0/s1. The molecule has 1 saturated heterocycles. The number of benzene rings is 1. The van der Waals surface area contributed by atoms with Crippen LogP contribution in [-0.4, -0.2) is 41.3 Å². The predicted molar refractivity (Wildman–Crippen MR) is 88.2 cm³/mol. The lowest BCUT2D eigenvalue weighted by molar-refractivity contribution is -0.122. The zero-order valence-electron chi connectivity index (χ0n) is 13.5. The number of rotatable bonds is 4. The largest absolute Gasteiger partial charge is 0.497 e. The highest BCUT2D eigenvalue weighted by Gasteiger charge is 2.23. The van der Waals surface area contributed by atoms with Crippen LogP contribution in [0.2, 0.25) is 0 Å². The lowest BCUT2D eigenvalue weighted by Gasteiger charge is -2.14. The number of hydrogen-bond acceptors (Lipinski definition) is 4. The van der Waals surface area contributed by atoms with E-state index in [1.54, 1.807) is 24.1 Å². The molecule has 1 fully saturated rings. The van der Waals surface area contributed by atoms with E-state index >= 15 is 0 Å². The molecule has 1 aliphatic rings. The summed E-state index contributed by atoms with van der Waals surface area (Å²) in [5.74, 6) is 0.281. The zero-order chi connectivity index (χ0) is 16.9. The minimum Gasteiger partial charge on any atom is -0.497 e. The maximum absolute atomic E-state index is 12.3. The van der Waals surface area contributed by atoms with Crippen LogP contribution >= 0.6 is 0 Å². The Labute approximate surface area is 140 Å². The number of carbonyl (C=O) groups is 2. The predicted octanol–water partition coefficient (Wildman–Crippen LogP) is 1.28. The number of aromatic nitrogens is 2. The second kappa shape index (κ2) is 7.16. The molecule has 2 heterocycles. The van der Waals surface area contributed by atoms with Crippen LogP contribution in [0, 0.1) is 0 Å². The average molecular weight is 328 g/mol. The summed E-state index contributed by atoms with van der Waals surface area (Å²) in [5, 5.41) is 9.85. The van der Waals surface area contributed by atoms with E-state index in [1.165, 1.54) is 0 Å². The van der Waals surface area contributed by atoms with Gasteiger partial charge in [0.15, 0.2) is 5.69 Å². The number of nitrogens with zero attached hydrogens (tertiary/aromatic N) is 2. The monoisotopic (exact) mass is 328 g/mol. The molecule has 1 atom stereocenters.